The van der Waals surface area contributed by atoms with E-state index >= 15 is 0 Å². The number of aliphatic imine (C=N–C) groups is 1. The van der Waals surface area contributed by atoms with Gasteiger partial charge in [-0.05, 0) is 51.5 Å². The summed E-state index contributed by atoms with van der Waals surface area (Å²) in [6, 6.07) is -4.64. The number of aliphatic carboxylic acids is 1. The molecule has 0 spiro atoms. The maximum Gasteiger partial charge on any atom is 0.326 e. The van der Waals surface area contributed by atoms with Crippen molar-refractivity contribution in [2.45, 2.75) is 89.6 Å². The van der Waals surface area contributed by atoms with Gasteiger partial charge in [-0.3, -0.25) is 19.4 Å². The largest absolute Gasteiger partial charge is 0.480 e. The first kappa shape index (κ1) is 33.0. The Morgan fingerprint density at radius 3 is 1.97 bits per heavy atom. The van der Waals surface area contributed by atoms with Crippen LogP contribution in [0.4, 0.5) is 0 Å². The molecule has 13 N–H and O–H groups in total. The molecule has 14 heteroatoms. The molecule has 0 fully saturated rings. The molecule has 0 aliphatic rings. The Morgan fingerprint density at radius 2 is 1.47 bits per heavy atom. The van der Waals surface area contributed by atoms with Crippen LogP contribution in [0.3, 0.4) is 0 Å². The molecule has 0 saturated carbocycles. The summed E-state index contributed by atoms with van der Waals surface area (Å²) in [7, 11) is 0. The SMILES string of the molecule is CCC(C)C(N)C(=O)NC(C(=O)NC(CCCN=C(N)N)C(=O)NC(CCCCN)C(=O)O)C(C)O. The summed E-state index contributed by atoms with van der Waals surface area (Å²) in [6.45, 7) is 5.51. The number of nitrogens with zero attached hydrogens (tertiary/aromatic N) is 1. The molecule has 0 aromatic rings. The van der Waals surface area contributed by atoms with E-state index in [-0.39, 0.29) is 37.7 Å². The second kappa shape index (κ2) is 17.5. The molecule has 3 amide bonds. The molecule has 0 heterocycles. The van der Waals surface area contributed by atoms with Crippen LogP contribution in [-0.2, 0) is 19.2 Å². The summed E-state index contributed by atoms with van der Waals surface area (Å²) < 4.78 is 0. The van der Waals surface area contributed by atoms with E-state index in [4.69, 9.17) is 22.9 Å². The summed E-state index contributed by atoms with van der Waals surface area (Å²) in [4.78, 5) is 53.8. The van der Waals surface area contributed by atoms with Gasteiger partial charge in [0.15, 0.2) is 5.96 Å². The highest BCUT2D eigenvalue weighted by atomic mass is 16.4. The summed E-state index contributed by atoms with van der Waals surface area (Å²) in [5.74, 6) is -3.71. The number of carboxylic acids is 1. The van der Waals surface area contributed by atoms with Gasteiger partial charge in [0, 0.05) is 6.54 Å². The molecule has 0 rings (SSSR count). The molecular weight excluding hydrogens is 472 g/mol. The third-order valence-corrected chi connectivity index (χ3v) is 5.76. The van der Waals surface area contributed by atoms with Gasteiger partial charge in [-0.1, -0.05) is 20.3 Å². The fourth-order valence-corrected chi connectivity index (χ4v) is 3.22. The number of amides is 3. The lowest BCUT2D eigenvalue weighted by Gasteiger charge is -2.27. The number of nitrogens with one attached hydrogen (secondary N) is 3. The van der Waals surface area contributed by atoms with Crippen molar-refractivity contribution in [3.63, 3.8) is 0 Å². The van der Waals surface area contributed by atoms with Gasteiger partial charge in [-0.2, -0.15) is 0 Å². The molecule has 6 unspecified atom stereocenters. The van der Waals surface area contributed by atoms with Gasteiger partial charge in [0.2, 0.25) is 17.7 Å². The quantitative estimate of drug-likeness (QED) is 0.0523. The maximum absolute atomic E-state index is 13.0. The number of guanidine groups is 1. The molecule has 0 aliphatic heterocycles. The van der Waals surface area contributed by atoms with Crippen LogP contribution in [0, 0.1) is 5.92 Å². The van der Waals surface area contributed by atoms with E-state index in [2.05, 4.69) is 20.9 Å². The predicted molar refractivity (Wildman–Crippen MR) is 135 cm³/mol. The van der Waals surface area contributed by atoms with Crippen LogP contribution in [0.2, 0.25) is 0 Å². The van der Waals surface area contributed by atoms with Crippen LogP contribution in [-0.4, -0.2) is 83.2 Å². The number of carbonyl (C=O) groups excluding carboxylic acids is 3. The highest BCUT2D eigenvalue weighted by Gasteiger charge is 2.32. The van der Waals surface area contributed by atoms with E-state index in [1.165, 1.54) is 6.92 Å². The van der Waals surface area contributed by atoms with Gasteiger partial charge in [0.05, 0.1) is 12.1 Å². The molecular formula is C22H44N8O6. The van der Waals surface area contributed by atoms with Crippen molar-refractivity contribution in [3.05, 3.63) is 0 Å². The zero-order valence-corrected chi connectivity index (χ0v) is 21.4. The van der Waals surface area contributed by atoms with E-state index in [1.54, 1.807) is 6.92 Å². The Balaban J connectivity index is 5.56. The van der Waals surface area contributed by atoms with Crippen LogP contribution in [0.1, 0.15) is 59.3 Å². The molecule has 36 heavy (non-hydrogen) atoms. The van der Waals surface area contributed by atoms with E-state index in [0.717, 1.165) is 0 Å². The number of aliphatic hydroxyl groups is 1. The van der Waals surface area contributed by atoms with Gasteiger partial charge in [0.1, 0.15) is 18.1 Å². The lowest BCUT2D eigenvalue weighted by Crippen LogP contribution is -2.60. The Kier molecular flexibility index (Phi) is 16.0. The second-order valence-corrected chi connectivity index (χ2v) is 8.83. The summed E-state index contributed by atoms with van der Waals surface area (Å²) in [6.07, 6.45) is 0.920. The smallest absolute Gasteiger partial charge is 0.326 e. The molecule has 0 aromatic heterocycles. The van der Waals surface area contributed by atoms with Gasteiger partial charge in [0.25, 0.3) is 0 Å². The Hall–Kier alpha value is -2.97. The third-order valence-electron chi connectivity index (χ3n) is 5.76. The first-order valence-corrected chi connectivity index (χ1v) is 12.2. The molecule has 0 bridgehead atoms. The first-order valence-electron chi connectivity index (χ1n) is 12.2. The van der Waals surface area contributed by atoms with Gasteiger partial charge >= 0.3 is 5.97 Å². The highest BCUT2D eigenvalue weighted by molar-refractivity contribution is 5.94. The summed E-state index contributed by atoms with van der Waals surface area (Å²) in [5.41, 5.74) is 22.0. The average Bonchev–Trinajstić information content (AvgIpc) is 2.81. The van der Waals surface area contributed by atoms with Gasteiger partial charge in [-0.25, -0.2) is 4.79 Å². The first-order chi connectivity index (χ1) is 16.8. The van der Waals surface area contributed by atoms with E-state index < -0.39 is 54.0 Å². The number of aliphatic hydroxyl groups excluding tert-OH is 1. The molecule has 14 nitrogen and oxygen atoms in total. The number of unbranched alkanes of at least 4 members (excludes halogenated alkanes) is 1. The zero-order valence-electron chi connectivity index (χ0n) is 21.4. The molecule has 0 aliphatic carbocycles. The van der Waals surface area contributed by atoms with Crippen LogP contribution in [0.25, 0.3) is 0 Å². The lowest BCUT2D eigenvalue weighted by molar-refractivity contribution is -0.142. The number of hydrogen-bond acceptors (Lipinski definition) is 8. The molecule has 0 radical (unpaired) electrons. The average molecular weight is 517 g/mol. The third kappa shape index (κ3) is 12.7. The fraction of sp³-hybridized carbons (Fsp3) is 0.773. The molecule has 0 aromatic carbocycles. The second-order valence-electron chi connectivity index (χ2n) is 8.83. The molecule has 0 saturated heterocycles. The zero-order chi connectivity index (χ0) is 27.8. The standard InChI is InChI=1S/C22H44N8O6/c1-4-12(2)16(24)19(33)30-17(13(3)31)20(34)28-14(9-7-11-27-22(25)26)18(32)29-15(21(35)36)8-5-6-10-23/h12-17,31H,4-11,23-24H2,1-3H3,(H,28,34)(H,29,32)(H,30,33)(H,35,36)(H4,25,26,27). The van der Waals surface area contributed by atoms with Crippen LogP contribution in [0.5, 0.6) is 0 Å². The van der Waals surface area contributed by atoms with Crippen molar-refractivity contribution in [3.8, 4) is 0 Å². The van der Waals surface area contributed by atoms with Crippen molar-refractivity contribution in [2.24, 2.45) is 33.8 Å². The van der Waals surface area contributed by atoms with E-state index in [1.807, 2.05) is 6.92 Å². The Labute approximate surface area is 212 Å². The number of rotatable bonds is 18. The number of carboxylic acid groups (broad SMARTS) is 1. The Morgan fingerprint density at radius 1 is 0.889 bits per heavy atom. The minimum Gasteiger partial charge on any atom is -0.480 e. The van der Waals surface area contributed by atoms with Crippen LogP contribution in [0.15, 0.2) is 4.99 Å². The van der Waals surface area contributed by atoms with Crippen molar-refractivity contribution in [2.75, 3.05) is 13.1 Å². The lowest BCUT2D eigenvalue weighted by atomic mass is 9.98. The molecule has 6 atom stereocenters. The minimum absolute atomic E-state index is 0.0658. The fourth-order valence-electron chi connectivity index (χ4n) is 3.22. The van der Waals surface area contributed by atoms with E-state index in [0.29, 0.717) is 25.8 Å². The molecule has 208 valence electrons. The number of hydrogen-bond donors (Lipinski definition) is 9. The van der Waals surface area contributed by atoms with Crippen molar-refractivity contribution < 1.29 is 29.4 Å². The predicted octanol–water partition coefficient (Wildman–Crippen LogP) is -2.54. The van der Waals surface area contributed by atoms with Gasteiger partial charge < -0.3 is 49.1 Å². The van der Waals surface area contributed by atoms with Gasteiger partial charge in [-0.15, -0.1) is 0 Å². The number of nitrogens with two attached hydrogens (primary N) is 4. The minimum atomic E-state index is -1.39. The number of carbonyl (C=O) groups is 4. The van der Waals surface area contributed by atoms with Crippen molar-refractivity contribution in [1.82, 2.24) is 16.0 Å². The van der Waals surface area contributed by atoms with Crippen LogP contribution >= 0.6 is 0 Å². The normalized spacial score (nSPS) is 15.9. The van der Waals surface area contributed by atoms with Crippen LogP contribution < -0.4 is 38.9 Å². The summed E-state index contributed by atoms with van der Waals surface area (Å²) >= 11 is 0. The Bertz CT molecular complexity index is 744. The highest BCUT2D eigenvalue weighted by Crippen LogP contribution is 2.08. The monoisotopic (exact) mass is 516 g/mol. The van der Waals surface area contributed by atoms with Crippen molar-refractivity contribution in [1.29, 1.82) is 0 Å². The van der Waals surface area contributed by atoms with Crippen molar-refractivity contribution >= 4 is 29.7 Å². The van der Waals surface area contributed by atoms with E-state index in [9.17, 15) is 29.4 Å². The summed E-state index contributed by atoms with van der Waals surface area (Å²) in [5, 5.41) is 26.9. The topological polar surface area (TPSA) is 261 Å². The maximum atomic E-state index is 13.0.